The molecule has 0 aliphatic heterocycles. The van der Waals surface area contributed by atoms with Gasteiger partial charge in [0.25, 0.3) is 5.56 Å². The number of pyridine rings is 1. The van der Waals surface area contributed by atoms with E-state index in [1.54, 1.807) is 36.5 Å². The molecular weight excluding hydrogens is 406 g/mol. The molecule has 2 aromatic heterocycles. The number of ether oxygens (including phenoxy) is 1. The summed E-state index contributed by atoms with van der Waals surface area (Å²) < 4.78 is 6.66. The Morgan fingerprint density at radius 2 is 2.03 bits per heavy atom. The van der Waals surface area contributed by atoms with Gasteiger partial charge in [0, 0.05) is 11.1 Å². The molecule has 30 heavy (non-hydrogen) atoms. The first-order valence-corrected chi connectivity index (χ1v) is 9.99. The van der Waals surface area contributed by atoms with Gasteiger partial charge in [-0.05, 0) is 41.3 Å². The molecule has 0 radical (unpaired) electrons. The summed E-state index contributed by atoms with van der Waals surface area (Å²) in [5.41, 5.74) is 0.332. The Morgan fingerprint density at radius 3 is 2.73 bits per heavy atom. The van der Waals surface area contributed by atoms with Gasteiger partial charge in [-0.2, -0.15) is 0 Å². The lowest BCUT2D eigenvalue weighted by Crippen LogP contribution is -2.36. The highest BCUT2D eigenvalue weighted by Crippen LogP contribution is 2.22. The second-order valence-electron chi connectivity index (χ2n) is 6.46. The molecule has 1 atom stereocenters. The van der Waals surface area contributed by atoms with E-state index in [0.29, 0.717) is 17.9 Å². The second kappa shape index (κ2) is 9.75. The predicted molar refractivity (Wildman–Crippen MR) is 114 cm³/mol. The fourth-order valence-corrected chi connectivity index (χ4v) is 3.63. The van der Waals surface area contributed by atoms with Crippen molar-refractivity contribution in [3.8, 4) is 5.75 Å². The number of aromatic nitrogens is 1. The quantitative estimate of drug-likeness (QED) is 0.511. The van der Waals surface area contributed by atoms with E-state index in [4.69, 9.17) is 4.74 Å². The van der Waals surface area contributed by atoms with Crippen LogP contribution in [-0.2, 0) is 11.3 Å². The molecule has 0 aliphatic rings. The summed E-state index contributed by atoms with van der Waals surface area (Å²) in [7, 11) is 1.50. The van der Waals surface area contributed by atoms with E-state index in [-0.39, 0.29) is 17.7 Å². The monoisotopic (exact) mass is 427 g/mol. The van der Waals surface area contributed by atoms with Crippen LogP contribution in [-0.4, -0.2) is 28.8 Å². The van der Waals surface area contributed by atoms with E-state index in [9.17, 15) is 19.5 Å². The maximum Gasteiger partial charge on any atom is 0.319 e. The molecule has 2 heterocycles. The van der Waals surface area contributed by atoms with E-state index >= 15 is 0 Å². The largest absolute Gasteiger partial charge is 0.497 e. The predicted octanol–water partition coefficient (Wildman–Crippen LogP) is 3.30. The van der Waals surface area contributed by atoms with Gasteiger partial charge in [0.1, 0.15) is 11.4 Å². The number of carbonyl (C=O) groups excluding carboxylic acids is 1. The first-order valence-electron chi connectivity index (χ1n) is 9.11. The highest BCUT2D eigenvalue weighted by molar-refractivity contribution is 7.09. The Kier molecular flexibility index (Phi) is 6.87. The van der Waals surface area contributed by atoms with Crippen LogP contribution >= 0.6 is 11.3 Å². The number of carboxylic acid groups (broad SMARTS) is 1. The normalized spacial score (nSPS) is 11.5. The summed E-state index contributed by atoms with van der Waals surface area (Å²) in [6.45, 7) is 0.402. The van der Waals surface area contributed by atoms with Gasteiger partial charge in [0.2, 0.25) is 0 Å². The van der Waals surface area contributed by atoms with Gasteiger partial charge in [-0.15, -0.1) is 11.3 Å². The number of carboxylic acids is 1. The van der Waals surface area contributed by atoms with E-state index in [1.165, 1.54) is 29.1 Å². The Labute approximate surface area is 176 Å². The molecule has 0 saturated carbocycles. The second-order valence-corrected chi connectivity index (χ2v) is 7.49. The summed E-state index contributed by atoms with van der Waals surface area (Å²) in [5, 5.41) is 16.3. The standard InChI is InChI=1S/C21H21N3O5S/c1-29-15-6-2-5-14(11-15)18(12-19(25)26)23-21(28)22-17-8-3-9-24(20(17)27)13-16-7-4-10-30-16/h2-11,18H,12-13H2,1H3,(H,25,26)(H2,22,23,28)/t18-/m0/s1. The molecule has 0 saturated heterocycles. The maximum absolute atomic E-state index is 12.7. The summed E-state index contributed by atoms with van der Waals surface area (Å²) >= 11 is 1.54. The Balaban J connectivity index is 1.75. The lowest BCUT2D eigenvalue weighted by Gasteiger charge is -2.18. The summed E-state index contributed by atoms with van der Waals surface area (Å²) in [4.78, 5) is 37.5. The number of nitrogens with zero attached hydrogens (tertiary/aromatic N) is 1. The van der Waals surface area contributed by atoms with Crippen molar-refractivity contribution in [1.29, 1.82) is 0 Å². The number of hydrogen-bond acceptors (Lipinski definition) is 5. The molecule has 1 aromatic carbocycles. The molecule has 3 rings (SSSR count). The maximum atomic E-state index is 12.7. The van der Waals surface area contributed by atoms with Gasteiger partial charge in [-0.1, -0.05) is 18.2 Å². The average Bonchev–Trinajstić information content (AvgIpc) is 3.23. The lowest BCUT2D eigenvalue weighted by molar-refractivity contribution is -0.137. The van der Waals surface area contributed by atoms with Gasteiger partial charge in [-0.3, -0.25) is 9.59 Å². The minimum Gasteiger partial charge on any atom is -0.497 e. The fourth-order valence-electron chi connectivity index (χ4n) is 2.93. The number of rotatable bonds is 8. The third-order valence-corrected chi connectivity index (χ3v) is 5.22. The molecule has 0 aliphatic carbocycles. The molecule has 0 fully saturated rings. The first-order chi connectivity index (χ1) is 14.5. The molecule has 0 unspecified atom stereocenters. The zero-order valence-electron chi connectivity index (χ0n) is 16.2. The van der Waals surface area contributed by atoms with Gasteiger partial charge in [-0.25, -0.2) is 4.79 Å². The summed E-state index contributed by atoms with van der Waals surface area (Å²) in [6, 6.07) is 12.3. The minimum atomic E-state index is -1.07. The molecule has 8 nitrogen and oxygen atoms in total. The molecular formula is C21H21N3O5S. The van der Waals surface area contributed by atoms with Crippen LogP contribution in [0.2, 0.25) is 0 Å². The van der Waals surface area contributed by atoms with E-state index in [0.717, 1.165) is 4.88 Å². The van der Waals surface area contributed by atoms with Crippen molar-refractivity contribution >= 4 is 29.0 Å². The van der Waals surface area contributed by atoms with Gasteiger partial charge in [0.15, 0.2) is 0 Å². The number of anilines is 1. The Morgan fingerprint density at radius 1 is 1.20 bits per heavy atom. The molecule has 9 heteroatoms. The van der Waals surface area contributed by atoms with Crippen LogP contribution in [0.5, 0.6) is 5.75 Å². The number of amides is 2. The number of methoxy groups -OCH3 is 1. The van der Waals surface area contributed by atoms with Crippen molar-refractivity contribution in [2.45, 2.75) is 19.0 Å². The number of hydrogen-bond donors (Lipinski definition) is 3. The number of aliphatic carboxylic acids is 1. The fraction of sp³-hybridized carbons (Fsp3) is 0.190. The van der Waals surface area contributed by atoms with Crippen molar-refractivity contribution in [2.24, 2.45) is 0 Å². The molecule has 156 valence electrons. The number of urea groups is 1. The average molecular weight is 427 g/mol. The van der Waals surface area contributed by atoms with E-state index < -0.39 is 18.0 Å². The van der Waals surface area contributed by atoms with Crippen LogP contribution < -0.4 is 20.9 Å². The topological polar surface area (TPSA) is 110 Å². The van der Waals surface area contributed by atoms with Crippen LogP contribution in [0.4, 0.5) is 10.5 Å². The smallest absolute Gasteiger partial charge is 0.319 e. The number of thiophene rings is 1. The van der Waals surface area contributed by atoms with Crippen LogP contribution in [0.3, 0.4) is 0 Å². The van der Waals surface area contributed by atoms with Crippen LogP contribution in [0.15, 0.2) is 64.9 Å². The Bertz CT molecular complexity index is 1080. The van der Waals surface area contributed by atoms with Crippen LogP contribution in [0.1, 0.15) is 22.9 Å². The summed E-state index contributed by atoms with van der Waals surface area (Å²) in [6.07, 6.45) is 1.33. The highest BCUT2D eigenvalue weighted by atomic mass is 32.1. The minimum absolute atomic E-state index is 0.103. The summed E-state index contributed by atoms with van der Waals surface area (Å²) in [5.74, 6) is -0.522. The lowest BCUT2D eigenvalue weighted by atomic mass is 10.0. The van der Waals surface area contributed by atoms with Gasteiger partial charge in [0.05, 0.1) is 26.1 Å². The molecule has 0 spiro atoms. The van der Waals surface area contributed by atoms with E-state index in [1.807, 2.05) is 17.5 Å². The van der Waals surface area contributed by atoms with Crippen LogP contribution in [0, 0.1) is 0 Å². The third kappa shape index (κ3) is 5.48. The van der Waals surface area contributed by atoms with E-state index in [2.05, 4.69) is 10.6 Å². The van der Waals surface area contributed by atoms with Gasteiger partial charge < -0.3 is 25.0 Å². The number of carbonyl (C=O) groups is 2. The first kappa shape index (κ1) is 21.1. The Hall–Kier alpha value is -3.59. The molecule has 0 bridgehead atoms. The molecule has 3 N–H and O–H groups in total. The molecule has 2 amide bonds. The number of nitrogens with one attached hydrogen (secondary N) is 2. The zero-order valence-corrected chi connectivity index (χ0v) is 17.0. The third-order valence-electron chi connectivity index (χ3n) is 4.35. The van der Waals surface area contributed by atoms with Crippen molar-refractivity contribution < 1.29 is 19.4 Å². The van der Waals surface area contributed by atoms with Crippen molar-refractivity contribution in [3.63, 3.8) is 0 Å². The van der Waals surface area contributed by atoms with Crippen LogP contribution in [0.25, 0.3) is 0 Å². The van der Waals surface area contributed by atoms with Crippen molar-refractivity contribution in [1.82, 2.24) is 9.88 Å². The van der Waals surface area contributed by atoms with Crippen molar-refractivity contribution in [3.05, 3.63) is 80.9 Å². The van der Waals surface area contributed by atoms with Crippen molar-refractivity contribution in [2.75, 3.05) is 12.4 Å². The zero-order chi connectivity index (χ0) is 21.5. The number of benzene rings is 1. The molecule has 3 aromatic rings. The SMILES string of the molecule is COc1cccc([C@H](CC(=O)O)NC(=O)Nc2cccn(Cc3cccs3)c2=O)c1. The van der Waals surface area contributed by atoms with Gasteiger partial charge >= 0.3 is 12.0 Å². The highest BCUT2D eigenvalue weighted by Gasteiger charge is 2.19.